The third-order valence-corrected chi connectivity index (χ3v) is 7.42. The molecule has 32 heavy (non-hydrogen) atoms. The number of nitrogens with one attached hydrogen (secondary N) is 1. The van der Waals surface area contributed by atoms with E-state index in [-0.39, 0.29) is 4.57 Å². The Morgan fingerprint density at radius 3 is 2.28 bits per heavy atom. The number of aliphatic hydroxyl groups is 1. The van der Waals surface area contributed by atoms with E-state index in [2.05, 4.69) is 17.9 Å². The van der Waals surface area contributed by atoms with Crippen LogP contribution < -0.4 is 11.2 Å². The Balaban J connectivity index is 2.28. The summed E-state index contributed by atoms with van der Waals surface area (Å²) in [5.41, 5.74) is -5.80. The van der Waals surface area contributed by atoms with Crippen LogP contribution in [0.15, 0.2) is 21.9 Å². The molecule has 1 aromatic rings. The van der Waals surface area contributed by atoms with Crippen LogP contribution in [0, 0.1) is 12.3 Å². The zero-order chi connectivity index (χ0) is 24.8. The van der Waals surface area contributed by atoms with Crippen molar-refractivity contribution in [2.24, 2.45) is 0 Å². The van der Waals surface area contributed by atoms with Gasteiger partial charge in [0.1, 0.15) is 6.61 Å². The lowest BCUT2D eigenvalue weighted by Crippen LogP contribution is -2.48. The van der Waals surface area contributed by atoms with E-state index in [0.717, 1.165) is 0 Å². The SMILES string of the molecule is C#C[C@]1(F)C(n2ccc(=O)[nH]c2=O)O[C@](F)(COP(=O)(O)OP(=O)(O)OP(=O)(O)O)C1O. The van der Waals surface area contributed by atoms with Crippen LogP contribution in [-0.4, -0.2) is 58.5 Å². The monoisotopic (exact) mass is 528 g/mol. The maximum atomic E-state index is 15.1. The highest BCUT2D eigenvalue weighted by molar-refractivity contribution is 7.66. The molecule has 1 fully saturated rings. The van der Waals surface area contributed by atoms with Crippen LogP contribution >= 0.6 is 23.5 Å². The van der Waals surface area contributed by atoms with E-state index in [1.807, 2.05) is 0 Å². The molecule has 2 heterocycles. The highest BCUT2D eigenvalue weighted by Gasteiger charge is 2.67. The van der Waals surface area contributed by atoms with Gasteiger partial charge in [0.2, 0.25) is 5.67 Å². The predicted molar refractivity (Wildman–Crippen MR) is 93.8 cm³/mol. The van der Waals surface area contributed by atoms with Crippen LogP contribution in [0.1, 0.15) is 6.23 Å². The second kappa shape index (κ2) is 8.65. The summed E-state index contributed by atoms with van der Waals surface area (Å²) in [5.74, 6) is -2.45. The van der Waals surface area contributed by atoms with Crippen molar-refractivity contribution in [2.45, 2.75) is 23.9 Å². The Bertz CT molecular complexity index is 1190. The normalized spacial score (nSPS) is 32.1. The largest absolute Gasteiger partial charge is 0.490 e. The average Bonchev–Trinajstić information content (AvgIpc) is 2.80. The molecule has 0 radical (unpaired) electrons. The Morgan fingerprint density at radius 1 is 1.19 bits per heavy atom. The maximum Gasteiger partial charge on any atom is 0.490 e. The number of alkyl halides is 2. The highest BCUT2D eigenvalue weighted by atomic mass is 31.3. The van der Waals surface area contributed by atoms with E-state index in [4.69, 9.17) is 21.1 Å². The van der Waals surface area contributed by atoms with E-state index in [0.29, 0.717) is 12.3 Å². The molecule has 180 valence electrons. The molecule has 1 saturated heterocycles. The van der Waals surface area contributed by atoms with Gasteiger partial charge in [-0.15, -0.1) is 6.42 Å². The minimum Gasteiger partial charge on any atom is -0.383 e. The van der Waals surface area contributed by atoms with Crippen LogP contribution in [0.5, 0.6) is 0 Å². The first-order valence-electron chi connectivity index (χ1n) is 7.65. The summed E-state index contributed by atoms with van der Waals surface area (Å²) in [6.07, 6.45) is 0.153. The van der Waals surface area contributed by atoms with Gasteiger partial charge in [-0.05, 0) is 0 Å². The van der Waals surface area contributed by atoms with Gasteiger partial charge < -0.3 is 29.4 Å². The summed E-state index contributed by atoms with van der Waals surface area (Å²) in [5, 5.41) is 10.00. The molecular weight excluding hydrogens is 515 g/mol. The molecule has 0 amide bonds. The minimum absolute atomic E-state index is 0.247. The fraction of sp³-hybridized carbons (Fsp3) is 0.455. The number of aromatic amines is 1. The van der Waals surface area contributed by atoms with Gasteiger partial charge >= 0.3 is 29.2 Å². The van der Waals surface area contributed by atoms with Crippen molar-refractivity contribution in [1.29, 1.82) is 0 Å². The van der Waals surface area contributed by atoms with Crippen molar-refractivity contribution in [3.63, 3.8) is 0 Å². The Hall–Kier alpha value is -1.57. The summed E-state index contributed by atoms with van der Waals surface area (Å²) < 4.78 is 79.4. The van der Waals surface area contributed by atoms with Crippen molar-refractivity contribution in [3.8, 4) is 12.3 Å². The van der Waals surface area contributed by atoms with E-state index in [9.17, 15) is 33.3 Å². The molecule has 2 rings (SSSR count). The first kappa shape index (κ1) is 26.7. The highest BCUT2D eigenvalue weighted by Crippen LogP contribution is 2.66. The number of aliphatic hydroxyl groups excluding tert-OH is 1. The molecule has 1 aliphatic rings. The third kappa shape index (κ3) is 5.86. The van der Waals surface area contributed by atoms with Gasteiger partial charge in [0, 0.05) is 12.3 Å². The molecule has 6 atom stereocenters. The molecule has 0 spiro atoms. The lowest BCUT2D eigenvalue weighted by molar-refractivity contribution is -0.204. The molecule has 16 nitrogen and oxygen atoms in total. The van der Waals surface area contributed by atoms with Crippen LogP contribution in [0.2, 0.25) is 0 Å². The number of H-pyrrole nitrogens is 1. The Kier molecular flexibility index (Phi) is 7.21. The Labute approximate surface area is 174 Å². The molecular formula is C11H13F2N2O14P3. The fourth-order valence-electron chi connectivity index (χ4n) is 2.39. The number of nitrogens with zero attached hydrogens (tertiary/aromatic N) is 1. The first-order chi connectivity index (χ1) is 14.3. The van der Waals surface area contributed by atoms with Crippen molar-refractivity contribution in [2.75, 3.05) is 6.61 Å². The molecule has 6 N–H and O–H groups in total. The maximum absolute atomic E-state index is 15.1. The number of phosphoric acid groups is 3. The third-order valence-electron chi connectivity index (χ3n) is 3.64. The van der Waals surface area contributed by atoms with Gasteiger partial charge in [-0.25, -0.2) is 27.3 Å². The van der Waals surface area contributed by atoms with Gasteiger partial charge in [0.05, 0.1) is 0 Å². The van der Waals surface area contributed by atoms with Gasteiger partial charge in [0.25, 0.3) is 11.4 Å². The van der Waals surface area contributed by atoms with Gasteiger partial charge in [-0.2, -0.15) is 8.62 Å². The quantitative estimate of drug-likeness (QED) is 0.171. The van der Waals surface area contributed by atoms with Crippen molar-refractivity contribution >= 4 is 23.5 Å². The number of halogens is 2. The standard InChI is InChI=1S/C11H13F2N2O14P3/c1-2-10(12)7(17)11(13,27-8(10)15-4-3-6(16)14-9(15)18)5-26-31(22,23)29-32(24,25)28-30(19,20)21/h1,3-4,7-8,17H,5H2,(H,22,23)(H,24,25)(H,14,16,18)(H2,19,20,21)/t7?,8?,10-,11-/m1/s1. The zero-order valence-electron chi connectivity index (χ0n) is 15.0. The number of terminal acetylenes is 1. The number of phosphoric ester groups is 1. The molecule has 0 saturated carbocycles. The average molecular weight is 528 g/mol. The molecule has 0 bridgehead atoms. The molecule has 1 aromatic heterocycles. The number of rotatable bonds is 8. The summed E-state index contributed by atoms with van der Waals surface area (Å²) in [6.45, 7) is -1.93. The number of hydrogen-bond donors (Lipinski definition) is 6. The summed E-state index contributed by atoms with van der Waals surface area (Å²) in [6, 6.07) is 0.693. The van der Waals surface area contributed by atoms with E-state index < -0.39 is 65.2 Å². The molecule has 1 aliphatic heterocycles. The number of hydrogen-bond acceptors (Lipinski definition) is 10. The van der Waals surface area contributed by atoms with E-state index in [1.165, 1.54) is 5.92 Å². The van der Waals surface area contributed by atoms with Crippen LogP contribution in [0.25, 0.3) is 0 Å². The summed E-state index contributed by atoms with van der Waals surface area (Å²) in [4.78, 5) is 59.9. The molecule has 0 aliphatic carbocycles. The topological polar surface area (TPSA) is 244 Å². The van der Waals surface area contributed by atoms with Crippen LogP contribution in [0.3, 0.4) is 0 Å². The van der Waals surface area contributed by atoms with Gasteiger partial charge in [-0.3, -0.25) is 18.9 Å². The second-order valence-electron chi connectivity index (χ2n) is 5.95. The van der Waals surface area contributed by atoms with Crippen LogP contribution in [0.4, 0.5) is 8.78 Å². The minimum atomic E-state index is -5.95. The predicted octanol–water partition coefficient (Wildman–Crippen LogP) is -1.22. The smallest absolute Gasteiger partial charge is 0.383 e. The number of aromatic nitrogens is 2. The summed E-state index contributed by atoms with van der Waals surface area (Å²) >= 11 is 0. The summed E-state index contributed by atoms with van der Waals surface area (Å²) in [7, 11) is -17.5. The lowest BCUT2D eigenvalue weighted by Gasteiger charge is -2.25. The second-order valence-corrected chi connectivity index (χ2v) is 10.4. The zero-order valence-corrected chi connectivity index (χ0v) is 17.7. The molecule has 0 aromatic carbocycles. The van der Waals surface area contributed by atoms with Gasteiger partial charge in [0.15, 0.2) is 12.3 Å². The van der Waals surface area contributed by atoms with Crippen LogP contribution in [-0.2, 0) is 31.6 Å². The van der Waals surface area contributed by atoms with Crippen molar-refractivity contribution in [3.05, 3.63) is 33.1 Å². The Morgan fingerprint density at radius 2 is 1.78 bits per heavy atom. The molecule has 21 heteroatoms. The fourth-order valence-corrected chi connectivity index (χ4v) is 5.43. The van der Waals surface area contributed by atoms with Gasteiger partial charge in [-0.1, -0.05) is 5.92 Å². The first-order valence-corrected chi connectivity index (χ1v) is 12.2. The molecule has 4 unspecified atom stereocenters. The lowest BCUT2D eigenvalue weighted by atomic mass is 9.96. The van der Waals surface area contributed by atoms with E-state index in [1.54, 1.807) is 4.98 Å². The van der Waals surface area contributed by atoms with Crippen molar-refractivity contribution in [1.82, 2.24) is 9.55 Å². The van der Waals surface area contributed by atoms with E-state index >= 15 is 8.78 Å². The number of ether oxygens (including phenoxy) is 1. The van der Waals surface area contributed by atoms with Crippen molar-refractivity contribution < 1.29 is 65.0 Å².